The number of piperazine rings is 1. The first-order valence-electron chi connectivity index (χ1n) is 7.41. The number of aliphatic carboxylic acids is 1. The smallest absolute Gasteiger partial charge is 0.317 e. The van der Waals surface area contributed by atoms with Crippen molar-refractivity contribution >= 4 is 12.0 Å². The predicted octanol–water partition coefficient (Wildman–Crippen LogP) is 1.37. The third-order valence-corrected chi connectivity index (χ3v) is 4.27. The van der Waals surface area contributed by atoms with Gasteiger partial charge in [-0.15, -0.1) is 0 Å². The molecule has 1 aliphatic heterocycles. The summed E-state index contributed by atoms with van der Waals surface area (Å²) in [7, 11) is 0. The van der Waals surface area contributed by atoms with Crippen LogP contribution in [0.5, 0.6) is 0 Å². The van der Waals surface area contributed by atoms with E-state index < -0.39 is 5.97 Å². The molecule has 6 nitrogen and oxygen atoms in total. The maximum absolute atomic E-state index is 12.2. The molecule has 1 heterocycles. The Bertz CT molecular complexity index is 335. The second-order valence-corrected chi connectivity index (χ2v) is 5.67. The lowest BCUT2D eigenvalue weighted by molar-refractivity contribution is -0.137. The molecule has 116 valence electrons. The quantitative estimate of drug-likeness (QED) is 0.773. The number of hydrogen-bond acceptors (Lipinski definition) is 3. The van der Waals surface area contributed by atoms with Crippen LogP contribution in [0.3, 0.4) is 0 Å². The number of urea groups is 1. The van der Waals surface area contributed by atoms with E-state index in [1.807, 2.05) is 4.90 Å². The van der Waals surface area contributed by atoms with Crippen LogP contribution in [-0.4, -0.2) is 65.2 Å². The van der Waals surface area contributed by atoms with E-state index in [9.17, 15) is 9.59 Å². The standard InChI is InChI=1S/C14H27N3O3/c1-4-14(3,5-2)15-13(20)17-10-8-16(9-11-17)7-6-12(18)19/h4-11H2,1-3H3,(H,15,20)(H,18,19). The lowest BCUT2D eigenvalue weighted by Gasteiger charge is -2.37. The lowest BCUT2D eigenvalue weighted by atomic mass is 9.96. The van der Waals surface area contributed by atoms with Gasteiger partial charge in [-0.1, -0.05) is 13.8 Å². The zero-order chi connectivity index (χ0) is 15.2. The van der Waals surface area contributed by atoms with Gasteiger partial charge in [0.05, 0.1) is 6.42 Å². The molecule has 0 atom stereocenters. The molecule has 1 saturated heterocycles. The maximum Gasteiger partial charge on any atom is 0.317 e. The molecule has 0 bridgehead atoms. The largest absolute Gasteiger partial charge is 0.481 e. The van der Waals surface area contributed by atoms with Crippen LogP contribution in [-0.2, 0) is 4.79 Å². The van der Waals surface area contributed by atoms with Crippen LogP contribution in [0.1, 0.15) is 40.0 Å². The number of carboxylic acids is 1. The van der Waals surface area contributed by atoms with Crippen molar-refractivity contribution in [2.75, 3.05) is 32.7 Å². The summed E-state index contributed by atoms with van der Waals surface area (Å²) in [4.78, 5) is 26.7. The van der Waals surface area contributed by atoms with E-state index in [1.54, 1.807) is 0 Å². The molecular formula is C14H27N3O3. The number of carboxylic acid groups (broad SMARTS) is 1. The van der Waals surface area contributed by atoms with E-state index in [1.165, 1.54) is 0 Å². The molecule has 0 aromatic carbocycles. The van der Waals surface area contributed by atoms with Crippen LogP contribution >= 0.6 is 0 Å². The van der Waals surface area contributed by atoms with Gasteiger partial charge in [-0.05, 0) is 19.8 Å². The summed E-state index contributed by atoms with van der Waals surface area (Å²) in [5.41, 5.74) is -0.141. The zero-order valence-electron chi connectivity index (χ0n) is 12.8. The van der Waals surface area contributed by atoms with Crippen LogP contribution in [0.2, 0.25) is 0 Å². The second kappa shape index (κ2) is 7.47. The minimum atomic E-state index is -0.771. The van der Waals surface area contributed by atoms with Crippen molar-refractivity contribution in [1.29, 1.82) is 0 Å². The number of carbonyl (C=O) groups excluding carboxylic acids is 1. The summed E-state index contributed by atoms with van der Waals surface area (Å²) < 4.78 is 0. The molecule has 2 N–H and O–H groups in total. The molecule has 0 aliphatic carbocycles. The summed E-state index contributed by atoms with van der Waals surface area (Å²) in [6, 6.07) is -0.00548. The van der Waals surface area contributed by atoms with Gasteiger partial charge >= 0.3 is 12.0 Å². The van der Waals surface area contributed by atoms with Crippen molar-refractivity contribution in [3.63, 3.8) is 0 Å². The molecule has 1 aliphatic rings. The fourth-order valence-electron chi connectivity index (χ4n) is 2.19. The Kier molecular flexibility index (Phi) is 6.26. The molecule has 0 aromatic heterocycles. The van der Waals surface area contributed by atoms with E-state index in [-0.39, 0.29) is 18.0 Å². The fourth-order valence-corrected chi connectivity index (χ4v) is 2.19. The molecule has 0 aromatic rings. The van der Waals surface area contributed by atoms with Gasteiger partial charge in [0.1, 0.15) is 0 Å². The first-order chi connectivity index (χ1) is 9.40. The molecule has 0 radical (unpaired) electrons. The van der Waals surface area contributed by atoms with E-state index in [2.05, 4.69) is 31.0 Å². The van der Waals surface area contributed by atoms with Crippen molar-refractivity contribution in [1.82, 2.24) is 15.1 Å². The first kappa shape index (κ1) is 16.8. The van der Waals surface area contributed by atoms with E-state index >= 15 is 0 Å². The molecule has 0 unspecified atom stereocenters. The predicted molar refractivity (Wildman–Crippen MR) is 77.8 cm³/mol. The van der Waals surface area contributed by atoms with Crippen LogP contribution in [0.25, 0.3) is 0 Å². The molecule has 0 spiro atoms. The number of nitrogens with zero attached hydrogens (tertiary/aromatic N) is 2. The average molecular weight is 285 g/mol. The number of amides is 2. The second-order valence-electron chi connectivity index (χ2n) is 5.67. The Morgan fingerprint density at radius 3 is 2.15 bits per heavy atom. The third kappa shape index (κ3) is 5.00. The summed E-state index contributed by atoms with van der Waals surface area (Å²) >= 11 is 0. The van der Waals surface area contributed by atoms with Gasteiger partial charge in [-0.2, -0.15) is 0 Å². The van der Waals surface area contributed by atoms with Gasteiger partial charge < -0.3 is 15.3 Å². The molecule has 1 rings (SSSR count). The van der Waals surface area contributed by atoms with E-state index in [0.29, 0.717) is 19.6 Å². The Hall–Kier alpha value is -1.30. The summed E-state index contributed by atoms with van der Waals surface area (Å²) in [5.74, 6) is -0.771. The SMILES string of the molecule is CCC(C)(CC)NC(=O)N1CCN(CCC(=O)O)CC1. The van der Waals surface area contributed by atoms with Crippen molar-refractivity contribution < 1.29 is 14.7 Å². The van der Waals surface area contributed by atoms with E-state index in [0.717, 1.165) is 25.9 Å². The van der Waals surface area contributed by atoms with E-state index in [4.69, 9.17) is 5.11 Å². The van der Waals surface area contributed by atoms with Crippen LogP contribution < -0.4 is 5.32 Å². The molecule has 0 saturated carbocycles. The van der Waals surface area contributed by atoms with Crippen molar-refractivity contribution in [2.24, 2.45) is 0 Å². The molecule has 1 fully saturated rings. The highest BCUT2D eigenvalue weighted by molar-refractivity contribution is 5.75. The van der Waals surface area contributed by atoms with Crippen LogP contribution in [0.4, 0.5) is 4.79 Å². The van der Waals surface area contributed by atoms with Gasteiger partial charge in [0.2, 0.25) is 0 Å². The lowest BCUT2D eigenvalue weighted by Crippen LogP contribution is -2.56. The third-order valence-electron chi connectivity index (χ3n) is 4.27. The fraction of sp³-hybridized carbons (Fsp3) is 0.857. The van der Waals surface area contributed by atoms with Crippen LogP contribution in [0.15, 0.2) is 0 Å². The Balaban J connectivity index is 2.37. The first-order valence-corrected chi connectivity index (χ1v) is 7.41. The zero-order valence-corrected chi connectivity index (χ0v) is 12.8. The average Bonchev–Trinajstić information content (AvgIpc) is 2.45. The maximum atomic E-state index is 12.2. The minimum absolute atomic E-state index is 0.00548. The monoisotopic (exact) mass is 285 g/mol. The van der Waals surface area contributed by atoms with Gasteiger partial charge in [0.15, 0.2) is 0 Å². The Morgan fingerprint density at radius 2 is 1.70 bits per heavy atom. The van der Waals surface area contributed by atoms with Gasteiger partial charge in [-0.3, -0.25) is 9.69 Å². The molecule has 2 amide bonds. The summed E-state index contributed by atoms with van der Waals surface area (Å²) in [6.45, 7) is 9.59. The van der Waals surface area contributed by atoms with Gasteiger partial charge in [-0.25, -0.2) is 4.79 Å². The van der Waals surface area contributed by atoms with Crippen LogP contribution in [0, 0.1) is 0 Å². The topological polar surface area (TPSA) is 72.9 Å². The normalized spacial score (nSPS) is 17.1. The minimum Gasteiger partial charge on any atom is -0.481 e. The van der Waals surface area contributed by atoms with Crippen molar-refractivity contribution in [3.8, 4) is 0 Å². The molecule has 20 heavy (non-hydrogen) atoms. The highest BCUT2D eigenvalue weighted by atomic mass is 16.4. The number of rotatable bonds is 6. The van der Waals surface area contributed by atoms with Gasteiger partial charge in [0.25, 0.3) is 0 Å². The number of hydrogen-bond donors (Lipinski definition) is 2. The van der Waals surface area contributed by atoms with Gasteiger partial charge in [0, 0.05) is 38.3 Å². The summed E-state index contributed by atoms with van der Waals surface area (Å²) in [5, 5.41) is 11.8. The Morgan fingerprint density at radius 1 is 1.15 bits per heavy atom. The van der Waals surface area contributed by atoms with Crippen molar-refractivity contribution in [3.05, 3.63) is 0 Å². The highest BCUT2D eigenvalue weighted by Gasteiger charge is 2.27. The molecular weight excluding hydrogens is 258 g/mol. The molecule has 6 heteroatoms. The highest BCUT2D eigenvalue weighted by Crippen LogP contribution is 2.14. The summed E-state index contributed by atoms with van der Waals surface area (Å²) in [6.07, 6.45) is 1.98. The number of nitrogens with one attached hydrogen (secondary N) is 1. The Labute approximate surface area is 121 Å². The number of carbonyl (C=O) groups is 2. The van der Waals surface area contributed by atoms with Crippen molar-refractivity contribution in [2.45, 2.75) is 45.6 Å².